The second-order valence-electron chi connectivity index (χ2n) is 6.07. The van der Waals surface area contributed by atoms with Gasteiger partial charge in [0, 0.05) is 6.04 Å². The summed E-state index contributed by atoms with van der Waals surface area (Å²) in [5.74, 6) is -2.96. The SMILES string of the molecule is CC(C)(C)OC(=O)NCC(F)(F)CNC1CCCC1. The largest absolute Gasteiger partial charge is 0.444 e. The van der Waals surface area contributed by atoms with Crippen LogP contribution in [-0.4, -0.2) is 36.7 Å². The van der Waals surface area contributed by atoms with Gasteiger partial charge < -0.3 is 15.4 Å². The molecule has 1 rings (SSSR count). The Morgan fingerprint density at radius 1 is 1.21 bits per heavy atom. The molecular formula is C13H24F2N2O2. The van der Waals surface area contributed by atoms with E-state index < -0.39 is 30.7 Å². The van der Waals surface area contributed by atoms with Crippen LogP contribution in [0.25, 0.3) is 0 Å². The third-order valence-corrected chi connectivity index (χ3v) is 2.89. The highest BCUT2D eigenvalue weighted by atomic mass is 19.3. The molecule has 0 aromatic rings. The van der Waals surface area contributed by atoms with E-state index in [1.807, 2.05) is 0 Å². The number of hydrogen-bond donors (Lipinski definition) is 2. The fraction of sp³-hybridized carbons (Fsp3) is 0.923. The monoisotopic (exact) mass is 278 g/mol. The Labute approximate surface area is 113 Å². The van der Waals surface area contributed by atoms with Crippen molar-refractivity contribution in [2.75, 3.05) is 13.1 Å². The van der Waals surface area contributed by atoms with Gasteiger partial charge in [0.25, 0.3) is 5.92 Å². The van der Waals surface area contributed by atoms with Gasteiger partial charge in [-0.3, -0.25) is 0 Å². The van der Waals surface area contributed by atoms with E-state index in [0.717, 1.165) is 25.7 Å². The minimum atomic E-state index is -2.96. The molecule has 0 saturated heterocycles. The number of carbonyl (C=O) groups excluding carboxylic acids is 1. The maximum atomic E-state index is 13.5. The zero-order valence-electron chi connectivity index (χ0n) is 11.9. The molecule has 1 aliphatic rings. The van der Waals surface area contributed by atoms with Gasteiger partial charge in [0.15, 0.2) is 0 Å². The molecule has 0 aromatic carbocycles. The number of alkyl halides is 2. The van der Waals surface area contributed by atoms with Gasteiger partial charge in [-0.1, -0.05) is 12.8 Å². The number of ether oxygens (including phenoxy) is 1. The Morgan fingerprint density at radius 3 is 2.32 bits per heavy atom. The first-order chi connectivity index (χ1) is 8.68. The van der Waals surface area contributed by atoms with Gasteiger partial charge in [-0.05, 0) is 33.6 Å². The van der Waals surface area contributed by atoms with Gasteiger partial charge >= 0.3 is 6.09 Å². The first-order valence-electron chi connectivity index (χ1n) is 6.76. The maximum absolute atomic E-state index is 13.5. The highest BCUT2D eigenvalue weighted by molar-refractivity contribution is 5.67. The van der Waals surface area contributed by atoms with Crippen LogP contribution in [0.3, 0.4) is 0 Å². The lowest BCUT2D eigenvalue weighted by atomic mass is 10.2. The van der Waals surface area contributed by atoms with Crippen molar-refractivity contribution >= 4 is 6.09 Å². The molecule has 1 fully saturated rings. The van der Waals surface area contributed by atoms with Gasteiger partial charge in [-0.2, -0.15) is 0 Å². The van der Waals surface area contributed by atoms with Crippen LogP contribution < -0.4 is 10.6 Å². The number of hydrogen-bond acceptors (Lipinski definition) is 3. The Kier molecular flexibility index (Phi) is 5.52. The Morgan fingerprint density at radius 2 is 1.79 bits per heavy atom. The molecule has 0 aromatic heterocycles. The lowest BCUT2D eigenvalue weighted by molar-refractivity contribution is -0.00542. The molecule has 2 N–H and O–H groups in total. The predicted molar refractivity (Wildman–Crippen MR) is 69.4 cm³/mol. The van der Waals surface area contributed by atoms with E-state index in [1.165, 1.54) is 0 Å². The van der Waals surface area contributed by atoms with Crippen LogP contribution in [0.15, 0.2) is 0 Å². The molecule has 1 saturated carbocycles. The highest BCUT2D eigenvalue weighted by Gasteiger charge is 2.31. The Balaban J connectivity index is 2.23. The summed E-state index contributed by atoms with van der Waals surface area (Å²) in [5.41, 5.74) is -0.679. The number of carbonyl (C=O) groups is 1. The first-order valence-corrected chi connectivity index (χ1v) is 6.76. The standard InChI is InChI=1S/C13H24F2N2O2/c1-12(2,3)19-11(18)17-9-13(14,15)8-16-10-6-4-5-7-10/h10,16H,4-9H2,1-3H3,(H,17,18). The van der Waals surface area contributed by atoms with Crippen molar-refractivity contribution in [3.8, 4) is 0 Å². The van der Waals surface area contributed by atoms with E-state index in [2.05, 4.69) is 10.6 Å². The molecule has 0 atom stereocenters. The minimum absolute atomic E-state index is 0.187. The van der Waals surface area contributed by atoms with E-state index in [-0.39, 0.29) is 6.04 Å². The Bertz CT molecular complexity index is 298. The molecule has 1 amide bonds. The van der Waals surface area contributed by atoms with E-state index in [0.29, 0.717) is 0 Å². The van der Waals surface area contributed by atoms with Crippen molar-refractivity contribution in [2.45, 2.75) is 64.0 Å². The van der Waals surface area contributed by atoms with Gasteiger partial charge in [-0.25, -0.2) is 13.6 Å². The van der Waals surface area contributed by atoms with Crippen molar-refractivity contribution in [3.05, 3.63) is 0 Å². The van der Waals surface area contributed by atoms with Crippen LogP contribution in [0.5, 0.6) is 0 Å². The number of alkyl carbamates (subject to hydrolysis) is 1. The van der Waals surface area contributed by atoms with E-state index >= 15 is 0 Å². The van der Waals surface area contributed by atoms with Gasteiger partial charge in [-0.15, -0.1) is 0 Å². The summed E-state index contributed by atoms with van der Waals surface area (Å²) in [5, 5.41) is 4.96. The highest BCUT2D eigenvalue weighted by Crippen LogP contribution is 2.19. The second-order valence-corrected chi connectivity index (χ2v) is 6.07. The average molecular weight is 278 g/mol. The predicted octanol–water partition coefficient (Wildman–Crippen LogP) is 2.68. The third kappa shape index (κ3) is 7.30. The van der Waals surface area contributed by atoms with Crippen LogP contribution in [0.2, 0.25) is 0 Å². The molecule has 0 spiro atoms. The smallest absolute Gasteiger partial charge is 0.407 e. The van der Waals surface area contributed by atoms with Crippen LogP contribution in [-0.2, 0) is 4.74 Å². The van der Waals surface area contributed by atoms with Crippen molar-refractivity contribution in [1.82, 2.24) is 10.6 Å². The number of nitrogens with one attached hydrogen (secondary N) is 2. The quantitative estimate of drug-likeness (QED) is 0.813. The second kappa shape index (κ2) is 6.50. The average Bonchev–Trinajstić information content (AvgIpc) is 2.74. The molecule has 1 aliphatic carbocycles. The zero-order chi connectivity index (χ0) is 14.5. The lowest BCUT2D eigenvalue weighted by Gasteiger charge is -2.23. The fourth-order valence-electron chi connectivity index (χ4n) is 2.00. The molecule has 0 aliphatic heterocycles. The summed E-state index contributed by atoms with van der Waals surface area (Å²) in [7, 11) is 0. The van der Waals surface area contributed by atoms with E-state index in [4.69, 9.17) is 4.74 Å². The van der Waals surface area contributed by atoms with Gasteiger partial charge in [0.05, 0.1) is 13.1 Å². The minimum Gasteiger partial charge on any atom is -0.444 e. The topological polar surface area (TPSA) is 50.4 Å². The summed E-state index contributed by atoms with van der Waals surface area (Å²) in [6.45, 7) is 3.94. The molecule has 0 radical (unpaired) electrons. The number of halogens is 2. The van der Waals surface area contributed by atoms with E-state index in [9.17, 15) is 13.6 Å². The zero-order valence-corrected chi connectivity index (χ0v) is 11.9. The summed E-state index contributed by atoms with van der Waals surface area (Å²) in [4.78, 5) is 11.3. The number of amides is 1. The fourth-order valence-corrected chi connectivity index (χ4v) is 2.00. The molecule has 0 unspecified atom stereocenters. The third-order valence-electron chi connectivity index (χ3n) is 2.89. The van der Waals surface area contributed by atoms with Crippen LogP contribution in [0.4, 0.5) is 13.6 Å². The summed E-state index contributed by atoms with van der Waals surface area (Å²) < 4.78 is 32.0. The normalized spacial score (nSPS) is 17.5. The molecule has 4 nitrogen and oxygen atoms in total. The van der Waals surface area contributed by atoms with Crippen LogP contribution >= 0.6 is 0 Å². The molecule has 6 heteroatoms. The van der Waals surface area contributed by atoms with Crippen molar-refractivity contribution in [2.24, 2.45) is 0 Å². The summed E-state index contributed by atoms with van der Waals surface area (Å²) >= 11 is 0. The first kappa shape index (κ1) is 16.1. The molecule has 0 heterocycles. The van der Waals surface area contributed by atoms with Crippen molar-refractivity contribution in [3.63, 3.8) is 0 Å². The van der Waals surface area contributed by atoms with Gasteiger partial charge in [0.2, 0.25) is 0 Å². The van der Waals surface area contributed by atoms with Crippen LogP contribution in [0, 0.1) is 0 Å². The van der Waals surface area contributed by atoms with Crippen molar-refractivity contribution < 1.29 is 18.3 Å². The van der Waals surface area contributed by atoms with Crippen LogP contribution in [0.1, 0.15) is 46.5 Å². The molecule has 112 valence electrons. The molecule has 19 heavy (non-hydrogen) atoms. The molecule has 0 bridgehead atoms. The lowest BCUT2D eigenvalue weighted by Crippen LogP contribution is -2.46. The Hall–Kier alpha value is -0.910. The maximum Gasteiger partial charge on any atom is 0.407 e. The van der Waals surface area contributed by atoms with Crippen molar-refractivity contribution in [1.29, 1.82) is 0 Å². The summed E-state index contributed by atoms with van der Waals surface area (Å²) in [6.07, 6.45) is 3.29. The number of rotatable bonds is 5. The van der Waals surface area contributed by atoms with Gasteiger partial charge in [0.1, 0.15) is 5.60 Å². The van der Waals surface area contributed by atoms with E-state index in [1.54, 1.807) is 20.8 Å². The summed E-state index contributed by atoms with van der Waals surface area (Å²) in [6, 6.07) is 0.187. The molecular weight excluding hydrogens is 254 g/mol.